The van der Waals surface area contributed by atoms with Gasteiger partial charge < -0.3 is 4.90 Å². The lowest BCUT2D eigenvalue weighted by atomic mass is 9.99. The Hall–Kier alpha value is -2.71. The van der Waals surface area contributed by atoms with Gasteiger partial charge in [-0.3, -0.25) is 10.1 Å². The van der Waals surface area contributed by atoms with Crippen molar-refractivity contribution in [2.45, 2.75) is 19.0 Å². The minimum atomic E-state index is -4.74. The van der Waals surface area contributed by atoms with E-state index >= 15 is 0 Å². The Morgan fingerprint density at radius 1 is 1.12 bits per heavy atom. The minimum Gasteiger partial charge on any atom is -0.333 e. The predicted octanol–water partition coefficient (Wildman–Crippen LogP) is 4.98. The van der Waals surface area contributed by atoms with E-state index in [1.54, 1.807) is 0 Å². The summed E-state index contributed by atoms with van der Waals surface area (Å²) in [6.45, 7) is 0.168. The van der Waals surface area contributed by atoms with Crippen LogP contribution >= 0.6 is 0 Å². The lowest BCUT2D eigenvalue weighted by Gasteiger charge is -2.31. The number of fused-ring (bicyclic) bond motifs is 1. The lowest BCUT2D eigenvalue weighted by Crippen LogP contribution is -2.26. The molecule has 9 heteroatoms. The van der Waals surface area contributed by atoms with Gasteiger partial charge >= 0.3 is 6.18 Å². The Morgan fingerprint density at radius 3 is 2.48 bits per heavy atom. The van der Waals surface area contributed by atoms with Crippen LogP contribution in [-0.4, -0.2) is 11.5 Å². The fraction of sp³-hybridized carbons (Fsp3) is 0.250. The third-order valence-corrected chi connectivity index (χ3v) is 4.00. The molecule has 1 aliphatic rings. The Kier molecular flexibility index (Phi) is 4.09. The van der Waals surface area contributed by atoms with Gasteiger partial charge in [0.2, 0.25) is 0 Å². The van der Waals surface area contributed by atoms with Gasteiger partial charge in [-0.05, 0) is 36.6 Å². The minimum absolute atomic E-state index is 0.0458. The molecule has 132 valence electrons. The van der Waals surface area contributed by atoms with Gasteiger partial charge in [0.1, 0.15) is 17.3 Å². The van der Waals surface area contributed by atoms with Crippen LogP contribution in [0.25, 0.3) is 0 Å². The summed E-state index contributed by atoms with van der Waals surface area (Å²) in [5.74, 6) is -1.69. The van der Waals surface area contributed by atoms with Gasteiger partial charge in [0.25, 0.3) is 5.69 Å². The van der Waals surface area contributed by atoms with Crippen molar-refractivity contribution in [1.29, 1.82) is 0 Å². The quantitative estimate of drug-likeness (QED) is 0.432. The molecule has 0 aromatic heterocycles. The van der Waals surface area contributed by atoms with Gasteiger partial charge in [-0.2, -0.15) is 13.2 Å². The van der Waals surface area contributed by atoms with Crippen LogP contribution < -0.4 is 4.90 Å². The number of rotatable bonds is 2. The van der Waals surface area contributed by atoms with Crippen LogP contribution in [0.15, 0.2) is 30.3 Å². The lowest BCUT2D eigenvalue weighted by molar-refractivity contribution is -0.384. The maximum atomic E-state index is 14.2. The molecule has 1 aliphatic heterocycles. The highest BCUT2D eigenvalue weighted by molar-refractivity contribution is 5.75. The van der Waals surface area contributed by atoms with Crippen LogP contribution in [0.2, 0.25) is 0 Å². The predicted molar refractivity (Wildman–Crippen MR) is 79.8 cm³/mol. The average Bonchev–Trinajstić information content (AvgIpc) is 2.52. The number of nitro benzene ring substituents is 1. The topological polar surface area (TPSA) is 46.4 Å². The number of nitrogens with zero attached hydrogens (tertiary/aromatic N) is 2. The fourth-order valence-corrected chi connectivity index (χ4v) is 2.97. The Balaban J connectivity index is 2.17. The largest absolute Gasteiger partial charge is 0.416 e. The molecule has 0 N–H and O–H groups in total. The average molecular weight is 358 g/mol. The number of alkyl halides is 3. The first-order chi connectivity index (χ1) is 11.7. The van der Waals surface area contributed by atoms with E-state index in [2.05, 4.69) is 0 Å². The Bertz CT molecular complexity index is 851. The van der Waals surface area contributed by atoms with Crippen LogP contribution in [0, 0.1) is 21.7 Å². The zero-order chi connectivity index (χ0) is 18.4. The van der Waals surface area contributed by atoms with E-state index in [-0.39, 0.29) is 17.9 Å². The molecular weight excluding hydrogens is 347 g/mol. The molecule has 0 bridgehead atoms. The summed E-state index contributed by atoms with van der Waals surface area (Å²) in [7, 11) is 0. The second-order valence-electron chi connectivity index (χ2n) is 5.61. The maximum absolute atomic E-state index is 14.2. The molecule has 0 radical (unpaired) electrons. The molecule has 0 atom stereocenters. The molecule has 0 amide bonds. The number of anilines is 2. The van der Waals surface area contributed by atoms with Gasteiger partial charge in [0.05, 0.1) is 16.2 Å². The van der Waals surface area contributed by atoms with Gasteiger partial charge in [0, 0.05) is 18.7 Å². The molecule has 3 rings (SSSR count). The summed E-state index contributed by atoms with van der Waals surface area (Å²) >= 11 is 0. The van der Waals surface area contributed by atoms with E-state index in [1.807, 2.05) is 0 Å². The van der Waals surface area contributed by atoms with Gasteiger partial charge in [-0.15, -0.1) is 0 Å². The molecule has 4 nitrogen and oxygen atoms in total. The number of aryl methyl sites for hydroxylation is 1. The number of hydrogen-bond acceptors (Lipinski definition) is 3. The number of benzene rings is 2. The molecule has 25 heavy (non-hydrogen) atoms. The van der Waals surface area contributed by atoms with Crippen molar-refractivity contribution in [2.75, 3.05) is 11.4 Å². The molecular formula is C16H11F5N2O2. The Morgan fingerprint density at radius 2 is 1.84 bits per heavy atom. The van der Waals surface area contributed by atoms with Crippen molar-refractivity contribution in [2.24, 2.45) is 0 Å². The smallest absolute Gasteiger partial charge is 0.333 e. The molecule has 0 unspecified atom stereocenters. The van der Waals surface area contributed by atoms with Crippen molar-refractivity contribution in [3.05, 3.63) is 63.2 Å². The van der Waals surface area contributed by atoms with E-state index in [9.17, 15) is 32.1 Å². The van der Waals surface area contributed by atoms with E-state index in [1.165, 1.54) is 4.90 Å². The number of hydrogen-bond donors (Lipinski definition) is 0. The second-order valence-corrected chi connectivity index (χ2v) is 5.61. The number of nitro groups is 1. The van der Waals surface area contributed by atoms with Crippen LogP contribution in [-0.2, 0) is 12.6 Å². The zero-order valence-electron chi connectivity index (χ0n) is 12.6. The maximum Gasteiger partial charge on any atom is 0.416 e. The van der Waals surface area contributed by atoms with Crippen LogP contribution in [0.3, 0.4) is 0 Å². The molecule has 0 fully saturated rings. The third kappa shape index (κ3) is 3.13. The number of halogens is 5. The van der Waals surface area contributed by atoms with Gasteiger partial charge in [-0.25, -0.2) is 8.78 Å². The highest BCUT2D eigenvalue weighted by atomic mass is 19.4. The first-order valence-electron chi connectivity index (χ1n) is 7.29. The molecule has 1 heterocycles. The molecule has 0 saturated carbocycles. The SMILES string of the molecule is O=[N+]([O-])c1cc(C(F)(F)F)ccc1N1CCCc2cc(F)cc(F)c21. The fourth-order valence-electron chi connectivity index (χ4n) is 2.97. The highest BCUT2D eigenvalue weighted by Crippen LogP contribution is 2.42. The molecule has 2 aromatic carbocycles. The molecule has 0 saturated heterocycles. The first kappa shape index (κ1) is 17.1. The normalized spacial score (nSPS) is 14.4. The summed E-state index contributed by atoms with van der Waals surface area (Å²) in [4.78, 5) is 11.5. The first-order valence-corrected chi connectivity index (χ1v) is 7.29. The van der Waals surface area contributed by atoms with Crippen molar-refractivity contribution in [3.63, 3.8) is 0 Å². The summed E-state index contributed by atoms with van der Waals surface area (Å²) in [5.41, 5.74) is -1.84. The summed E-state index contributed by atoms with van der Waals surface area (Å²) < 4.78 is 66.1. The van der Waals surface area contributed by atoms with Gasteiger partial charge in [-0.1, -0.05) is 0 Å². The second kappa shape index (κ2) is 5.98. The highest BCUT2D eigenvalue weighted by Gasteiger charge is 2.35. The standard InChI is InChI=1S/C16H11F5N2O2/c17-11-6-9-2-1-5-22(15(9)12(18)8-11)13-4-3-10(16(19,20)21)7-14(13)23(24)25/h3-4,6-8H,1-2,5H2. The summed E-state index contributed by atoms with van der Waals surface area (Å²) in [5, 5.41) is 11.3. The zero-order valence-corrected chi connectivity index (χ0v) is 12.6. The molecule has 0 spiro atoms. The van der Waals surface area contributed by atoms with E-state index in [0.717, 1.165) is 12.1 Å². The van der Waals surface area contributed by atoms with E-state index in [0.29, 0.717) is 36.6 Å². The van der Waals surface area contributed by atoms with Crippen molar-refractivity contribution in [3.8, 4) is 0 Å². The van der Waals surface area contributed by atoms with Gasteiger partial charge in [0.15, 0.2) is 0 Å². The monoisotopic (exact) mass is 358 g/mol. The van der Waals surface area contributed by atoms with Crippen molar-refractivity contribution >= 4 is 17.1 Å². The van der Waals surface area contributed by atoms with Crippen molar-refractivity contribution < 1.29 is 26.9 Å². The van der Waals surface area contributed by atoms with Crippen LogP contribution in [0.1, 0.15) is 17.5 Å². The van der Waals surface area contributed by atoms with E-state index in [4.69, 9.17) is 0 Å². The van der Waals surface area contributed by atoms with Crippen LogP contribution in [0.4, 0.5) is 39.0 Å². The van der Waals surface area contributed by atoms with Crippen molar-refractivity contribution in [1.82, 2.24) is 0 Å². The Labute approximate surface area is 138 Å². The molecule has 2 aromatic rings. The van der Waals surface area contributed by atoms with E-state index < -0.39 is 34.0 Å². The molecule has 0 aliphatic carbocycles. The summed E-state index contributed by atoms with van der Waals surface area (Å²) in [6.07, 6.45) is -3.92. The van der Waals surface area contributed by atoms with Crippen LogP contribution in [0.5, 0.6) is 0 Å². The third-order valence-electron chi connectivity index (χ3n) is 4.00. The summed E-state index contributed by atoms with van der Waals surface area (Å²) in [6, 6.07) is 3.84.